The molecule has 1 amide bonds. The maximum atomic E-state index is 12.5. The van der Waals surface area contributed by atoms with Crippen LogP contribution in [0.5, 0.6) is 0 Å². The van der Waals surface area contributed by atoms with E-state index in [2.05, 4.69) is 10.3 Å². The Morgan fingerprint density at radius 1 is 1.25 bits per heavy atom. The largest absolute Gasteiger partial charge is 0.388 e. The highest BCUT2D eigenvalue weighted by Crippen LogP contribution is 2.18. The first-order valence-corrected chi connectivity index (χ1v) is 8.02. The van der Waals surface area contributed by atoms with E-state index < -0.39 is 6.10 Å². The summed E-state index contributed by atoms with van der Waals surface area (Å²) in [4.78, 5) is 16.8. The molecular weight excluding hydrogens is 302 g/mol. The SMILES string of the molecule is Cc1ccc2ncc(C(=O)NC(C)CC(O)c3ccccc3)n2c1. The third kappa shape index (κ3) is 3.46. The minimum absolute atomic E-state index is 0.164. The minimum atomic E-state index is -0.606. The van der Waals surface area contributed by atoms with E-state index in [1.165, 1.54) is 0 Å². The van der Waals surface area contributed by atoms with Gasteiger partial charge < -0.3 is 10.4 Å². The number of aliphatic hydroxyl groups excluding tert-OH is 1. The lowest BCUT2D eigenvalue weighted by atomic mass is 10.0. The second kappa shape index (κ2) is 6.84. The van der Waals surface area contributed by atoms with E-state index in [1.807, 2.05) is 62.5 Å². The van der Waals surface area contributed by atoms with Gasteiger partial charge in [0.05, 0.1) is 12.3 Å². The number of rotatable bonds is 5. The normalized spacial score (nSPS) is 13.6. The maximum Gasteiger partial charge on any atom is 0.270 e. The van der Waals surface area contributed by atoms with Crippen LogP contribution in [0.15, 0.2) is 54.9 Å². The van der Waals surface area contributed by atoms with Crippen molar-refractivity contribution >= 4 is 11.6 Å². The van der Waals surface area contributed by atoms with E-state index >= 15 is 0 Å². The Balaban J connectivity index is 1.68. The van der Waals surface area contributed by atoms with Crippen LogP contribution in [0.4, 0.5) is 0 Å². The molecule has 0 bridgehead atoms. The van der Waals surface area contributed by atoms with Crippen molar-refractivity contribution in [3.63, 3.8) is 0 Å². The molecule has 1 aromatic carbocycles. The van der Waals surface area contributed by atoms with Crippen molar-refractivity contribution < 1.29 is 9.90 Å². The zero-order chi connectivity index (χ0) is 17.1. The highest BCUT2D eigenvalue weighted by Gasteiger charge is 2.17. The lowest BCUT2D eigenvalue weighted by molar-refractivity contribution is 0.0911. The van der Waals surface area contributed by atoms with Gasteiger partial charge in [-0.3, -0.25) is 9.20 Å². The molecule has 2 unspecified atom stereocenters. The second-order valence-corrected chi connectivity index (χ2v) is 6.11. The molecule has 2 heterocycles. The van der Waals surface area contributed by atoms with Gasteiger partial charge >= 0.3 is 0 Å². The number of carbonyl (C=O) groups is 1. The summed E-state index contributed by atoms with van der Waals surface area (Å²) in [6, 6.07) is 13.1. The Bertz CT molecular complexity index is 842. The Morgan fingerprint density at radius 2 is 2.00 bits per heavy atom. The van der Waals surface area contributed by atoms with Gasteiger partial charge in [-0.05, 0) is 37.5 Å². The first-order chi connectivity index (χ1) is 11.5. The molecule has 5 heteroatoms. The molecule has 0 saturated carbocycles. The van der Waals surface area contributed by atoms with Crippen molar-refractivity contribution in [2.45, 2.75) is 32.4 Å². The van der Waals surface area contributed by atoms with Crippen molar-refractivity contribution in [1.82, 2.24) is 14.7 Å². The van der Waals surface area contributed by atoms with E-state index in [1.54, 1.807) is 10.6 Å². The fourth-order valence-electron chi connectivity index (χ4n) is 2.76. The number of hydrogen-bond acceptors (Lipinski definition) is 3. The first kappa shape index (κ1) is 16.2. The predicted molar refractivity (Wildman–Crippen MR) is 92.9 cm³/mol. The molecule has 0 aliphatic heterocycles. The number of aliphatic hydroxyl groups is 1. The fraction of sp³-hybridized carbons (Fsp3) is 0.263. The van der Waals surface area contributed by atoms with E-state index in [0.717, 1.165) is 16.8 Å². The lowest BCUT2D eigenvalue weighted by Gasteiger charge is -2.18. The minimum Gasteiger partial charge on any atom is -0.388 e. The molecule has 2 N–H and O–H groups in total. The standard InChI is InChI=1S/C19H21N3O2/c1-13-8-9-18-20-11-16(22(18)12-13)19(24)21-14(2)10-17(23)15-6-4-3-5-7-15/h3-9,11-12,14,17,23H,10H2,1-2H3,(H,21,24). The predicted octanol–water partition coefficient (Wildman–Crippen LogP) is 2.88. The summed E-state index contributed by atoms with van der Waals surface area (Å²) in [5, 5.41) is 13.2. The number of aromatic nitrogens is 2. The lowest BCUT2D eigenvalue weighted by Crippen LogP contribution is -2.34. The number of benzene rings is 1. The number of fused-ring (bicyclic) bond motifs is 1. The summed E-state index contributed by atoms with van der Waals surface area (Å²) < 4.78 is 1.78. The van der Waals surface area contributed by atoms with Crippen LogP contribution < -0.4 is 5.32 Å². The van der Waals surface area contributed by atoms with Crippen molar-refractivity contribution in [3.8, 4) is 0 Å². The number of nitrogens with zero attached hydrogens (tertiary/aromatic N) is 2. The van der Waals surface area contributed by atoms with E-state index in [0.29, 0.717) is 12.1 Å². The smallest absolute Gasteiger partial charge is 0.270 e. The zero-order valence-corrected chi connectivity index (χ0v) is 13.8. The van der Waals surface area contributed by atoms with Crippen LogP contribution in [-0.4, -0.2) is 26.4 Å². The summed E-state index contributed by atoms with van der Waals surface area (Å²) >= 11 is 0. The van der Waals surface area contributed by atoms with E-state index in [-0.39, 0.29) is 11.9 Å². The van der Waals surface area contributed by atoms with Crippen LogP contribution in [0.1, 0.15) is 41.1 Å². The topological polar surface area (TPSA) is 66.6 Å². The van der Waals surface area contributed by atoms with Crippen LogP contribution in [0, 0.1) is 6.92 Å². The molecule has 0 radical (unpaired) electrons. The van der Waals surface area contributed by atoms with E-state index in [9.17, 15) is 9.90 Å². The highest BCUT2D eigenvalue weighted by molar-refractivity contribution is 5.93. The fourth-order valence-corrected chi connectivity index (χ4v) is 2.76. The zero-order valence-electron chi connectivity index (χ0n) is 13.8. The number of imidazole rings is 1. The quantitative estimate of drug-likeness (QED) is 0.759. The third-order valence-corrected chi connectivity index (χ3v) is 4.02. The number of nitrogens with one attached hydrogen (secondary N) is 1. The summed E-state index contributed by atoms with van der Waals surface area (Å²) in [6.07, 6.45) is 3.31. The number of aryl methyl sites for hydroxylation is 1. The molecule has 0 saturated heterocycles. The Hall–Kier alpha value is -2.66. The molecule has 0 spiro atoms. The monoisotopic (exact) mass is 323 g/mol. The average molecular weight is 323 g/mol. The van der Waals surface area contributed by atoms with Crippen LogP contribution in [0.25, 0.3) is 5.65 Å². The van der Waals surface area contributed by atoms with E-state index in [4.69, 9.17) is 0 Å². The molecule has 5 nitrogen and oxygen atoms in total. The molecule has 0 fully saturated rings. The van der Waals surface area contributed by atoms with Gasteiger partial charge in [0, 0.05) is 12.2 Å². The molecule has 3 rings (SSSR count). The van der Waals surface area contributed by atoms with Crippen molar-refractivity contribution in [3.05, 3.63) is 71.7 Å². The number of amides is 1. The number of carbonyl (C=O) groups excluding carboxylic acids is 1. The van der Waals surface area contributed by atoms with Crippen LogP contribution in [-0.2, 0) is 0 Å². The van der Waals surface area contributed by atoms with Gasteiger partial charge in [0.15, 0.2) is 0 Å². The molecule has 124 valence electrons. The van der Waals surface area contributed by atoms with Gasteiger partial charge in [0.2, 0.25) is 0 Å². The number of hydrogen-bond donors (Lipinski definition) is 2. The van der Waals surface area contributed by atoms with Crippen LogP contribution in [0.2, 0.25) is 0 Å². The van der Waals surface area contributed by atoms with Gasteiger partial charge in [-0.1, -0.05) is 36.4 Å². The third-order valence-electron chi connectivity index (χ3n) is 4.02. The molecule has 24 heavy (non-hydrogen) atoms. The average Bonchev–Trinajstić information content (AvgIpc) is 2.98. The molecule has 2 aromatic heterocycles. The Morgan fingerprint density at radius 3 is 2.75 bits per heavy atom. The molecule has 0 aliphatic rings. The number of pyridine rings is 1. The van der Waals surface area contributed by atoms with Gasteiger partial charge in [-0.15, -0.1) is 0 Å². The Kier molecular flexibility index (Phi) is 4.62. The maximum absolute atomic E-state index is 12.5. The molecular formula is C19H21N3O2. The molecule has 3 aromatic rings. The van der Waals surface area contributed by atoms with Crippen molar-refractivity contribution in [1.29, 1.82) is 0 Å². The Labute approximate surface area is 141 Å². The van der Waals surface area contributed by atoms with Crippen molar-refractivity contribution in [2.24, 2.45) is 0 Å². The van der Waals surface area contributed by atoms with Crippen molar-refractivity contribution in [2.75, 3.05) is 0 Å². The highest BCUT2D eigenvalue weighted by atomic mass is 16.3. The first-order valence-electron chi connectivity index (χ1n) is 8.02. The van der Waals surface area contributed by atoms with Crippen LogP contribution in [0.3, 0.4) is 0 Å². The summed E-state index contributed by atoms with van der Waals surface area (Å²) in [6.45, 7) is 3.86. The second-order valence-electron chi connectivity index (χ2n) is 6.11. The van der Waals surface area contributed by atoms with Crippen LogP contribution >= 0.6 is 0 Å². The van der Waals surface area contributed by atoms with Gasteiger partial charge in [-0.25, -0.2) is 4.98 Å². The summed E-state index contributed by atoms with van der Waals surface area (Å²) in [7, 11) is 0. The van der Waals surface area contributed by atoms with Gasteiger partial charge in [0.1, 0.15) is 11.3 Å². The summed E-state index contributed by atoms with van der Waals surface area (Å²) in [5.41, 5.74) is 3.14. The van der Waals surface area contributed by atoms with Gasteiger partial charge in [-0.2, -0.15) is 0 Å². The molecule has 2 atom stereocenters. The molecule has 0 aliphatic carbocycles. The summed E-state index contributed by atoms with van der Waals surface area (Å²) in [5.74, 6) is -0.194. The van der Waals surface area contributed by atoms with Gasteiger partial charge in [0.25, 0.3) is 5.91 Å².